The van der Waals surface area contributed by atoms with E-state index in [1.165, 1.54) is 50.5 Å². The first-order valence-corrected chi connectivity index (χ1v) is 8.33. The molecule has 23 heavy (non-hydrogen) atoms. The smallest absolute Gasteiger partial charge is 0.260 e. The van der Waals surface area contributed by atoms with Gasteiger partial charge in [0.2, 0.25) is 10.0 Å². The van der Waals surface area contributed by atoms with Crippen LogP contribution in [0.1, 0.15) is 10.4 Å². The maximum atomic E-state index is 13.7. The van der Waals surface area contributed by atoms with Crippen LogP contribution in [0.25, 0.3) is 0 Å². The van der Waals surface area contributed by atoms with Crippen molar-refractivity contribution in [3.63, 3.8) is 0 Å². The van der Waals surface area contributed by atoms with Crippen LogP contribution in [0, 0.1) is 5.82 Å². The molecule has 0 radical (unpaired) electrons. The number of hydrogen-bond acceptors (Lipinski definition) is 3. The zero-order valence-corrected chi connectivity index (χ0v) is 14.0. The molecule has 1 amide bonds. The first-order valence-electron chi connectivity index (χ1n) is 6.51. The van der Waals surface area contributed by atoms with Gasteiger partial charge in [-0.3, -0.25) is 4.79 Å². The van der Waals surface area contributed by atoms with Crippen molar-refractivity contribution in [3.05, 3.63) is 58.9 Å². The zero-order chi connectivity index (χ0) is 17.2. The second kappa shape index (κ2) is 6.66. The third-order valence-corrected chi connectivity index (χ3v) is 5.19. The molecule has 0 aliphatic carbocycles. The number of nitrogens with one attached hydrogen (secondary N) is 1. The second-order valence-corrected chi connectivity index (χ2v) is 7.43. The van der Waals surface area contributed by atoms with Crippen LogP contribution >= 0.6 is 11.6 Å². The number of benzene rings is 2. The molecular weight excluding hydrogens is 343 g/mol. The number of sulfonamides is 1. The predicted molar refractivity (Wildman–Crippen MR) is 86.7 cm³/mol. The number of halogens is 2. The van der Waals surface area contributed by atoms with Crippen LogP contribution in [0.4, 0.5) is 10.1 Å². The summed E-state index contributed by atoms with van der Waals surface area (Å²) < 4.78 is 38.9. The average Bonchev–Trinajstić information content (AvgIpc) is 2.47. The largest absolute Gasteiger partial charge is 0.322 e. The molecule has 0 saturated carbocycles. The van der Waals surface area contributed by atoms with Crippen molar-refractivity contribution in [3.8, 4) is 0 Å². The molecule has 122 valence electrons. The molecule has 0 heterocycles. The molecule has 0 aliphatic heterocycles. The molecule has 2 aromatic rings. The van der Waals surface area contributed by atoms with Gasteiger partial charge in [-0.2, -0.15) is 0 Å². The fourth-order valence-corrected chi connectivity index (χ4v) is 3.05. The van der Waals surface area contributed by atoms with Crippen molar-refractivity contribution in [1.29, 1.82) is 0 Å². The van der Waals surface area contributed by atoms with Gasteiger partial charge in [-0.1, -0.05) is 23.7 Å². The van der Waals surface area contributed by atoms with E-state index in [2.05, 4.69) is 5.32 Å². The molecule has 0 unspecified atom stereocenters. The van der Waals surface area contributed by atoms with Gasteiger partial charge in [0.15, 0.2) is 0 Å². The van der Waals surface area contributed by atoms with Gasteiger partial charge in [-0.25, -0.2) is 17.1 Å². The number of rotatable bonds is 4. The molecular formula is C15H14ClFN2O3S. The minimum atomic E-state index is -3.63. The summed E-state index contributed by atoms with van der Waals surface area (Å²) >= 11 is 5.83. The maximum absolute atomic E-state index is 13.7. The van der Waals surface area contributed by atoms with Gasteiger partial charge in [0.05, 0.1) is 15.5 Å². The van der Waals surface area contributed by atoms with Crippen molar-refractivity contribution >= 4 is 33.2 Å². The maximum Gasteiger partial charge on any atom is 0.260 e. The van der Waals surface area contributed by atoms with Gasteiger partial charge >= 0.3 is 0 Å². The number of carbonyl (C=O) groups excluding carboxylic acids is 1. The van der Waals surface area contributed by atoms with Gasteiger partial charge in [0, 0.05) is 19.8 Å². The summed E-state index contributed by atoms with van der Waals surface area (Å²) in [6, 6.07) is 9.58. The summed E-state index contributed by atoms with van der Waals surface area (Å²) in [6.07, 6.45) is 0. The first kappa shape index (κ1) is 17.4. The van der Waals surface area contributed by atoms with Crippen LogP contribution in [0.3, 0.4) is 0 Å². The highest BCUT2D eigenvalue weighted by Gasteiger charge is 2.19. The molecule has 0 aliphatic rings. The molecule has 0 bridgehead atoms. The minimum Gasteiger partial charge on any atom is -0.322 e. The van der Waals surface area contributed by atoms with E-state index in [4.69, 9.17) is 11.6 Å². The second-order valence-electron chi connectivity index (χ2n) is 4.87. The van der Waals surface area contributed by atoms with E-state index in [0.29, 0.717) is 0 Å². The van der Waals surface area contributed by atoms with Crippen LogP contribution in [0.5, 0.6) is 0 Å². The van der Waals surface area contributed by atoms with Gasteiger partial charge in [0.1, 0.15) is 5.82 Å². The Labute approximate surface area is 138 Å². The normalized spacial score (nSPS) is 11.5. The zero-order valence-electron chi connectivity index (χ0n) is 12.4. The Balaban J connectivity index is 2.33. The Morgan fingerprint density at radius 1 is 1.17 bits per heavy atom. The van der Waals surface area contributed by atoms with Crippen LogP contribution in [0.2, 0.25) is 5.02 Å². The number of carbonyl (C=O) groups is 1. The Kier molecular flexibility index (Phi) is 5.03. The molecule has 0 atom stereocenters. The molecule has 0 spiro atoms. The quantitative estimate of drug-likeness (QED) is 0.915. The summed E-state index contributed by atoms with van der Waals surface area (Å²) in [5.41, 5.74) is -0.0766. The van der Waals surface area contributed by atoms with E-state index in [9.17, 15) is 17.6 Å². The van der Waals surface area contributed by atoms with E-state index >= 15 is 0 Å². The van der Waals surface area contributed by atoms with E-state index in [1.54, 1.807) is 0 Å². The summed E-state index contributed by atoms with van der Waals surface area (Å²) in [4.78, 5) is 12.2. The standard InChI is InChI=1S/C15H14ClFN2O3S/c1-19(2)23(21,22)11-6-3-5-10(9-11)18-15(20)14-12(16)7-4-8-13(14)17/h3-9H,1-2H3,(H,18,20). The van der Waals surface area contributed by atoms with E-state index in [1.807, 2.05) is 0 Å². The van der Waals surface area contributed by atoms with Gasteiger partial charge in [-0.15, -0.1) is 0 Å². The predicted octanol–water partition coefficient (Wildman–Crippen LogP) is 2.98. The highest BCUT2D eigenvalue weighted by Crippen LogP contribution is 2.22. The molecule has 2 rings (SSSR count). The highest BCUT2D eigenvalue weighted by molar-refractivity contribution is 7.89. The van der Waals surface area contributed by atoms with Gasteiger partial charge < -0.3 is 5.32 Å². The molecule has 8 heteroatoms. The minimum absolute atomic E-state index is 0.0138. The molecule has 5 nitrogen and oxygen atoms in total. The van der Waals surface area contributed by atoms with E-state index in [-0.39, 0.29) is 21.2 Å². The van der Waals surface area contributed by atoms with Gasteiger partial charge in [-0.05, 0) is 30.3 Å². The lowest BCUT2D eigenvalue weighted by atomic mass is 10.2. The monoisotopic (exact) mass is 356 g/mol. The average molecular weight is 357 g/mol. The van der Waals surface area contributed by atoms with Gasteiger partial charge in [0.25, 0.3) is 5.91 Å². The summed E-state index contributed by atoms with van der Waals surface area (Å²) in [6.45, 7) is 0. The number of anilines is 1. The van der Waals surface area contributed by atoms with Crippen molar-refractivity contribution in [2.75, 3.05) is 19.4 Å². The third kappa shape index (κ3) is 3.69. The fourth-order valence-electron chi connectivity index (χ4n) is 1.85. The van der Waals surface area contributed by atoms with Crippen LogP contribution in [-0.2, 0) is 10.0 Å². The lowest BCUT2D eigenvalue weighted by Crippen LogP contribution is -2.22. The third-order valence-electron chi connectivity index (χ3n) is 3.06. The molecule has 1 N–H and O–H groups in total. The van der Waals surface area contributed by atoms with Crippen molar-refractivity contribution in [2.45, 2.75) is 4.90 Å². The fraction of sp³-hybridized carbons (Fsp3) is 0.133. The lowest BCUT2D eigenvalue weighted by Gasteiger charge is -2.13. The first-order chi connectivity index (χ1) is 10.7. The van der Waals surface area contributed by atoms with Crippen LogP contribution in [-0.4, -0.2) is 32.7 Å². The summed E-state index contributed by atoms with van der Waals surface area (Å²) in [5.74, 6) is -1.51. The highest BCUT2D eigenvalue weighted by atomic mass is 35.5. The SMILES string of the molecule is CN(C)S(=O)(=O)c1cccc(NC(=O)c2c(F)cccc2Cl)c1. The number of amides is 1. The van der Waals surface area contributed by atoms with Crippen molar-refractivity contribution < 1.29 is 17.6 Å². The number of hydrogen-bond donors (Lipinski definition) is 1. The van der Waals surface area contributed by atoms with Crippen molar-refractivity contribution in [2.24, 2.45) is 0 Å². The molecule has 0 aromatic heterocycles. The Morgan fingerprint density at radius 3 is 2.43 bits per heavy atom. The lowest BCUT2D eigenvalue weighted by molar-refractivity contribution is 0.102. The topological polar surface area (TPSA) is 66.5 Å². The summed E-state index contributed by atoms with van der Waals surface area (Å²) in [5, 5.41) is 2.42. The Bertz CT molecular complexity index is 833. The summed E-state index contributed by atoms with van der Waals surface area (Å²) in [7, 11) is -0.829. The Morgan fingerprint density at radius 2 is 1.83 bits per heavy atom. The van der Waals surface area contributed by atoms with Crippen molar-refractivity contribution in [1.82, 2.24) is 4.31 Å². The molecule has 0 fully saturated rings. The van der Waals surface area contributed by atoms with E-state index in [0.717, 1.165) is 10.4 Å². The molecule has 2 aromatic carbocycles. The van der Waals surface area contributed by atoms with Crippen LogP contribution < -0.4 is 5.32 Å². The van der Waals surface area contributed by atoms with E-state index < -0.39 is 21.7 Å². The number of nitrogens with zero attached hydrogens (tertiary/aromatic N) is 1. The Hall–Kier alpha value is -1.96. The van der Waals surface area contributed by atoms with Crippen LogP contribution in [0.15, 0.2) is 47.4 Å². The molecule has 0 saturated heterocycles.